The van der Waals surface area contributed by atoms with Gasteiger partial charge in [0.2, 0.25) is 5.78 Å². The molecule has 3 aliphatic rings. The average Bonchev–Trinajstić information content (AvgIpc) is 2.75. The normalized spacial score (nSPS) is 31.4. The van der Waals surface area contributed by atoms with Gasteiger partial charge in [-0.2, -0.15) is 0 Å². The Bertz CT molecular complexity index is 1350. The Labute approximate surface area is 224 Å². The number of fused-ring (bicyclic) bond motifs is 3. The number of carbonyl (C=O) groups excluding carboxylic acids is 3. The molecule has 1 saturated carbocycles. The lowest BCUT2D eigenvalue weighted by molar-refractivity contribution is -0.178. The summed E-state index contributed by atoms with van der Waals surface area (Å²) in [7, 11) is 0. The molecular weight excluding hydrogens is 484 g/mol. The van der Waals surface area contributed by atoms with E-state index in [1.54, 1.807) is 20.8 Å². The zero-order chi connectivity index (χ0) is 28.9. The molecule has 0 aromatic heterocycles. The first-order chi connectivity index (χ1) is 17.3. The van der Waals surface area contributed by atoms with Crippen LogP contribution in [0.2, 0.25) is 0 Å². The van der Waals surface area contributed by atoms with Gasteiger partial charge >= 0.3 is 0 Å². The van der Waals surface area contributed by atoms with Gasteiger partial charge in [0.1, 0.15) is 22.8 Å². The summed E-state index contributed by atoms with van der Waals surface area (Å²) in [4.78, 5) is 40.4. The Morgan fingerprint density at radius 1 is 1.13 bits per heavy atom. The molecule has 7 heteroatoms. The van der Waals surface area contributed by atoms with Gasteiger partial charge in [-0.15, -0.1) is 0 Å². The minimum atomic E-state index is -2.60. The molecule has 0 radical (unpaired) electrons. The molecule has 1 unspecified atom stereocenters. The van der Waals surface area contributed by atoms with Crippen molar-refractivity contribution in [3.63, 3.8) is 0 Å². The van der Waals surface area contributed by atoms with Gasteiger partial charge in [-0.1, -0.05) is 61.5 Å². The SMILES string of the molecule is CCc1cc(C(C)(C)C)c(O)c2c1C[C@]1(C)C[C@]3(C)C(C(C)C)C(=O)C(C(C)=O)=C(O)[C@]3(O)C(=O)C1=C2O. The molecule has 1 fully saturated rings. The van der Waals surface area contributed by atoms with E-state index in [1.807, 2.05) is 40.7 Å². The maximum Gasteiger partial charge on any atom is 0.203 e. The first-order valence-electron chi connectivity index (χ1n) is 13.4. The fourth-order valence-corrected chi connectivity index (χ4v) is 7.75. The van der Waals surface area contributed by atoms with Gasteiger partial charge in [0.25, 0.3) is 0 Å². The van der Waals surface area contributed by atoms with Crippen LogP contribution in [0.1, 0.15) is 91.0 Å². The smallest absolute Gasteiger partial charge is 0.203 e. The number of Topliss-reactive ketones (excluding diaryl/α,β-unsaturated/α-hetero) is 3. The van der Waals surface area contributed by atoms with E-state index >= 15 is 0 Å². The standard InChI is InChI=1S/C31H40O7/c1-10-16-11-18(28(5,6)7)23(33)20-17(16)12-29(8)13-30(9)21(14(2)3)24(34)19(15(4)32)26(36)31(30,38)27(37)22(29)25(20)35/h11,14,21,33,35-36,38H,10,12-13H2,1-9H3/t21?,29-,30-,31+/m1/s1. The minimum Gasteiger partial charge on any atom is -0.508 e. The summed E-state index contributed by atoms with van der Waals surface area (Å²) in [6.07, 6.45) is 1.03. The number of phenols is 1. The van der Waals surface area contributed by atoms with E-state index in [9.17, 15) is 34.8 Å². The summed E-state index contributed by atoms with van der Waals surface area (Å²) in [6.45, 7) is 16.0. The maximum atomic E-state index is 14.4. The summed E-state index contributed by atoms with van der Waals surface area (Å²) in [5.41, 5.74) is -3.70. The highest BCUT2D eigenvalue weighted by atomic mass is 16.3. The lowest BCUT2D eigenvalue weighted by atomic mass is 9.43. The fraction of sp³-hybridized carbons (Fsp3) is 0.581. The molecule has 38 heavy (non-hydrogen) atoms. The topological polar surface area (TPSA) is 132 Å². The number of phenolic OH excluding ortho intramolecular Hbond substituents is 1. The van der Waals surface area contributed by atoms with Crippen molar-refractivity contribution in [1.82, 2.24) is 0 Å². The molecule has 0 spiro atoms. The quantitative estimate of drug-likeness (QED) is 0.407. The number of aliphatic hydroxyl groups is 3. The molecule has 0 bridgehead atoms. The summed E-state index contributed by atoms with van der Waals surface area (Å²) in [5, 5.41) is 46.5. The lowest BCUT2D eigenvalue weighted by Crippen LogP contribution is -2.69. The monoisotopic (exact) mass is 524 g/mol. The molecule has 0 heterocycles. The van der Waals surface area contributed by atoms with Crippen molar-refractivity contribution in [3.05, 3.63) is 45.2 Å². The van der Waals surface area contributed by atoms with E-state index in [0.29, 0.717) is 18.4 Å². The van der Waals surface area contributed by atoms with Crippen LogP contribution in [0.25, 0.3) is 5.76 Å². The van der Waals surface area contributed by atoms with Crippen molar-refractivity contribution in [3.8, 4) is 5.75 Å². The molecule has 3 aliphatic carbocycles. The van der Waals surface area contributed by atoms with Crippen LogP contribution in [0.4, 0.5) is 0 Å². The number of rotatable bonds is 3. The van der Waals surface area contributed by atoms with Crippen molar-refractivity contribution < 1.29 is 34.8 Å². The second-order valence-corrected chi connectivity index (χ2v) is 13.3. The number of hydrogen-bond donors (Lipinski definition) is 4. The molecule has 4 atom stereocenters. The molecule has 0 saturated heterocycles. The first-order valence-corrected chi connectivity index (χ1v) is 13.4. The van der Waals surface area contributed by atoms with Gasteiger partial charge in [-0.3, -0.25) is 14.4 Å². The van der Waals surface area contributed by atoms with Crippen LogP contribution < -0.4 is 0 Å². The highest BCUT2D eigenvalue weighted by Crippen LogP contribution is 2.65. The number of allylic oxidation sites excluding steroid dienone is 1. The van der Waals surface area contributed by atoms with Crippen LogP contribution in [0.5, 0.6) is 5.75 Å². The Morgan fingerprint density at radius 3 is 2.18 bits per heavy atom. The fourth-order valence-electron chi connectivity index (χ4n) is 7.75. The number of aliphatic hydroxyl groups excluding tert-OH is 2. The Hall–Kier alpha value is -2.93. The number of carbonyl (C=O) groups is 3. The third kappa shape index (κ3) is 3.33. The van der Waals surface area contributed by atoms with Gasteiger partial charge < -0.3 is 20.4 Å². The van der Waals surface area contributed by atoms with Crippen molar-refractivity contribution in [2.75, 3.05) is 0 Å². The van der Waals surface area contributed by atoms with Gasteiger partial charge in [-0.05, 0) is 48.6 Å². The summed E-state index contributed by atoms with van der Waals surface area (Å²) in [6, 6.07) is 1.95. The molecule has 1 aromatic carbocycles. The number of benzene rings is 1. The lowest BCUT2D eigenvalue weighted by Gasteiger charge is -2.59. The maximum absolute atomic E-state index is 14.4. The van der Waals surface area contributed by atoms with Crippen molar-refractivity contribution >= 4 is 23.1 Å². The second kappa shape index (κ2) is 8.28. The number of aryl methyl sites for hydroxylation is 1. The third-order valence-corrected chi connectivity index (χ3v) is 9.29. The highest BCUT2D eigenvalue weighted by Gasteiger charge is 2.72. The van der Waals surface area contributed by atoms with E-state index < -0.39 is 62.2 Å². The van der Waals surface area contributed by atoms with E-state index in [4.69, 9.17) is 0 Å². The number of hydrogen-bond acceptors (Lipinski definition) is 7. The van der Waals surface area contributed by atoms with E-state index in [-0.39, 0.29) is 29.2 Å². The molecule has 0 amide bonds. The van der Waals surface area contributed by atoms with Gasteiger partial charge in [0.15, 0.2) is 17.2 Å². The van der Waals surface area contributed by atoms with Crippen molar-refractivity contribution in [1.29, 1.82) is 0 Å². The Morgan fingerprint density at radius 2 is 1.71 bits per heavy atom. The van der Waals surface area contributed by atoms with E-state index in [1.165, 1.54) is 0 Å². The number of ketones is 3. The molecular formula is C31H40O7. The predicted octanol–water partition coefficient (Wildman–Crippen LogP) is 5.05. The van der Waals surface area contributed by atoms with Gasteiger partial charge in [0, 0.05) is 27.9 Å². The first kappa shape index (κ1) is 28.1. The Balaban J connectivity index is 2.12. The van der Waals surface area contributed by atoms with Crippen LogP contribution in [0.3, 0.4) is 0 Å². The second-order valence-electron chi connectivity index (χ2n) is 13.3. The Kier molecular flexibility index (Phi) is 6.12. The largest absolute Gasteiger partial charge is 0.508 e. The molecule has 1 aromatic rings. The van der Waals surface area contributed by atoms with Gasteiger partial charge in [0.05, 0.1) is 5.56 Å². The molecule has 4 rings (SSSR count). The number of aromatic hydroxyl groups is 1. The van der Waals surface area contributed by atoms with E-state index in [2.05, 4.69) is 0 Å². The average molecular weight is 525 g/mol. The summed E-state index contributed by atoms with van der Waals surface area (Å²) in [5.74, 6) is -5.02. The van der Waals surface area contributed by atoms with Crippen LogP contribution >= 0.6 is 0 Å². The van der Waals surface area contributed by atoms with E-state index in [0.717, 1.165) is 18.1 Å². The zero-order valence-corrected chi connectivity index (χ0v) is 23.9. The molecule has 4 N–H and O–H groups in total. The van der Waals surface area contributed by atoms with Crippen LogP contribution in [-0.2, 0) is 32.6 Å². The van der Waals surface area contributed by atoms with Gasteiger partial charge in [-0.25, -0.2) is 0 Å². The highest BCUT2D eigenvalue weighted by molar-refractivity contribution is 6.24. The van der Waals surface area contributed by atoms with Crippen molar-refractivity contribution in [2.24, 2.45) is 22.7 Å². The van der Waals surface area contributed by atoms with Crippen LogP contribution in [0.15, 0.2) is 23.0 Å². The third-order valence-electron chi connectivity index (χ3n) is 9.29. The minimum absolute atomic E-state index is 0.0931. The predicted molar refractivity (Wildman–Crippen MR) is 144 cm³/mol. The van der Waals surface area contributed by atoms with Crippen LogP contribution in [-0.4, -0.2) is 43.4 Å². The van der Waals surface area contributed by atoms with Crippen LogP contribution in [0, 0.1) is 22.7 Å². The summed E-state index contributed by atoms with van der Waals surface area (Å²) >= 11 is 0. The molecule has 0 aliphatic heterocycles. The zero-order valence-electron chi connectivity index (χ0n) is 23.9. The summed E-state index contributed by atoms with van der Waals surface area (Å²) < 4.78 is 0. The molecule has 206 valence electrons. The van der Waals surface area contributed by atoms with Crippen molar-refractivity contribution in [2.45, 2.75) is 92.6 Å². The molecule has 7 nitrogen and oxygen atoms in total.